The summed E-state index contributed by atoms with van der Waals surface area (Å²) in [6.07, 6.45) is -2.53. The molecule has 0 aliphatic carbocycles. The van der Waals surface area contributed by atoms with Crippen LogP contribution in [0.15, 0.2) is 16.1 Å². The van der Waals surface area contributed by atoms with Crippen LogP contribution in [0.25, 0.3) is 10.4 Å². The maximum absolute atomic E-state index is 12.3. The van der Waals surface area contributed by atoms with Crippen molar-refractivity contribution in [3.05, 3.63) is 32.7 Å². The van der Waals surface area contributed by atoms with E-state index in [4.69, 9.17) is 31.4 Å². The minimum atomic E-state index is -6.11. The molecule has 0 spiro atoms. The number of hydrogen-bond donors (Lipinski definition) is 6. The van der Waals surface area contributed by atoms with Crippen molar-refractivity contribution in [2.75, 3.05) is 84.5 Å². The Bertz CT molecular complexity index is 1530. The van der Waals surface area contributed by atoms with Crippen LogP contribution in [0.3, 0.4) is 0 Å². The van der Waals surface area contributed by atoms with E-state index in [1.54, 1.807) is 14.7 Å². The SMILES string of the molecule is CC[NH+](CC)CC.CC[NH+](CC)CC.CC[NH+](CC)CC.[N-]=[N+]=NCOC1CC(n2cc(C#CCN)c(N)nc2=O)OC1COP(=O)([O-])OP(=O)([O-])OP(=O)([O-])O. The number of anilines is 1. The van der Waals surface area contributed by atoms with Gasteiger partial charge in [0.05, 0.1) is 83.7 Å². The predicted molar refractivity (Wildman–Crippen MR) is 207 cm³/mol. The van der Waals surface area contributed by atoms with Crippen molar-refractivity contribution in [1.82, 2.24) is 9.55 Å². The van der Waals surface area contributed by atoms with Gasteiger partial charge in [-0.1, -0.05) is 17.0 Å². The maximum atomic E-state index is 12.3. The van der Waals surface area contributed by atoms with Crippen LogP contribution in [-0.4, -0.2) is 105 Å². The van der Waals surface area contributed by atoms with E-state index in [1.807, 2.05) is 0 Å². The molecule has 57 heavy (non-hydrogen) atoms. The summed E-state index contributed by atoms with van der Waals surface area (Å²) in [6.45, 7) is 29.9. The van der Waals surface area contributed by atoms with Gasteiger partial charge >= 0.3 is 5.69 Å². The molecule has 0 radical (unpaired) electrons. The smallest absolute Gasteiger partial charge is 0.351 e. The highest BCUT2D eigenvalue weighted by Crippen LogP contribution is 2.61. The molecule has 0 saturated carbocycles. The van der Waals surface area contributed by atoms with Crippen molar-refractivity contribution in [1.29, 1.82) is 0 Å². The molecule has 6 atom stereocenters. The second-order valence-electron chi connectivity index (χ2n) is 11.9. The number of azide groups is 1. The molecule has 1 fully saturated rings. The van der Waals surface area contributed by atoms with Gasteiger partial charge in [-0.2, -0.15) is 4.98 Å². The van der Waals surface area contributed by atoms with Crippen LogP contribution in [0.4, 0.5) is 5.82 Å². The molecule has 6 unspecified atom stereocenters. The normalized spacial score (nSPS) is 19.2. The van der Waals surface area contributed by atoms with Crippen LogP contribution in [0, 0.1) is 11.8 Å². The molecule has 8 N–H and O–H groups in total. The van der Waals surface area contributed by atoms with Crippen LogP contribution in [0.2, 0.25) is 0 Å². The van der Waals surface area contributed by atoms with E-state index in [-0.39, 0.29) is 24.3 Å². The van der Waals surface area contributed by atoms with Crippen LogP contribution in [-0.2, 0) is 36.3 Å². The van der Waals surface area contributed by atoms with Gasteiger partial charge in [-0.05, 0) is 67.8 Å². The third kappa shape index (κ3) is 25.7. The fraction of sp³-hybridized carbons (Fsp3) is 0.806. The second-order valence-corrected chi connectivity index (χ2v) is 16.2. The lowest BCUT2D eigenvalue weighted by Crippen LogP contribution is -3.11. The quantitative estimate of drug-likeness (QED) is 0.0256. The van der Waals surface area contributed by atoms with Gasteiger partial charge in [-0.3, -0.25) is 18.3 Å². The Morgan fingerprint density at radius 1 is 0.930 bits per heavy atom. The first kappa shape index (κ1) is 56.8. The number of rotatable bonds is 20. The topological polar surface area (TPSA) is 336 Å². The molecular weight excluding hydrogens is 813 g/mol. The zero-order chi connectivity index (χ0) is 44.2. The number of quaternary nitrogens is 3. The zero-order valence-electron chi connectivity index (χ0n) is 34.6. The maximum Gasteiger partial charge on any atom is 0.351 e. The van der Waals surface area contributed by atoms with E-state index >= 15 is 0 Å². The van der Waals surface area contributed by atoms with Crippen molar-refractivity contribution in [3.63, 3.8) is 0 Å². The minimum Gasteiger partial charge on any atom is -0.756 e. The Morgan fingerprint density at radius 3 is 1.79 bits per heavy atom. The molecule has 1 saturated heterocycles. The van der Waals surface area contributed by atoms with Gasteiger partial charge in [-0.25, -0.2) is 13.4 Å². The average molecular weight is 879 g/mol. The lowest BCUT2D eigenvalue weighted by atomic mass is 10.2. The summed E-state index contributed by atoms with van der Waals surface area (Å²) in [5, 5.41) is 3.15. The van der Waals surface area contributed by atoms with Gasteiger partial charge in [-0.15, -0.1) is 0 Å². The Hall–Kier alpha value is -2.28. The molecule has 1 aromatic rings. The molecule has 2 heterocycles. The molecule has 1 aliphatic rings. The van der Waals surface area contributed by atoms with E-state index in [0.29, 0.717) is 0 Å². The van der Waals surface area contributed by atoms with Crippen molar-refractivity contribution < 1.29 is 70.6 Å². The number of phosphoric ester groups is 1. The number of hydrogen-bond acceptors (Lipinski definition) is 16. The van der Waals surface area contributed by atoms with Crippen molar-refractivity contribution in [2.45, 2.75) is 87.2 Å². The largest absolute Gasteiger partial charge is 0.756 e. The van der Waals surface area contributed by atoms with Crippen LogP contribution in [0.5, 0.6) is 0 Å². The lowest BCUT2D eigenvalue weighted by molar-refractivity contribution is -0.894. The molecule has 0 aromatic carbocycles. The molecular formula is C31H65N10O13P3. The third-order valence-corrected chi connectivity index (χ3v) is 12.2. The van der Waals surface area contributed by atoms with E-state index in [0.717, 1.165) is 4.57 Å². The second kappa shape index (κ2) is 30.7. The van der Waals surface area contributed by atoms with Crippen LogP contribution in [0.1, 0.15) is 80.5 Å². The van der Waals surface area contributed by atoms with Crippen molar-refractivity contribution >= 4 is 29.3 Å². The first-order valence-electron chi connectivity index (χ1n) is 18.8. The highest BCUT2D eigenvalue weighted by atomic mass is 31.3. The number of nitrogens with one attached hydrogen (secondary N) is 3. The number of nitrogens with zero attached hydrogens (tertiary/aromatic N) is 5. The summed E-state index contributed by atoms with van der Waals surface area (Å²) in [4.78, 5) is 65.5. The first-order chi connectivity index (χ1) is 26.7. The van der Waals surface area contributed by atoms with Crippen molar-refractivity contribution in [2.24, 2.45) is 10.8 Å². The van der Waals surface area contributed by atoms with Gasteiger partial charge in [0.1, 0.15) is 24.9 Å². The standard InChI is InChI=1S/C13H20N7O13P3.3C6H15N/c14-3-1-2-8-5-20(13(21)18-12(8)15)11-4-9(29-7-17-19-16)10(31-11)6-30-35(25,26)33-36(27,28)32-34(22,23)24;3*1-4-7(5-2)6-3/h5,9-11H,3-4,6-7,14H2,(H,25,26)(H,27,28)(H2,15,18,21)(H2,22,23,24);3*4-6H2,1-3H3. The number of nitrogen functional groups attached to an aromatic ring is 1. The monoisotopic (exact) mass is 878 g/mol. The molecule has 332 valence electrons. The Labute approximate surface area is 336 Å². The zero-order valence-corrected chi connectivity index (χ0v) is 37.3. The van der Waals surface area contributed by atoms with Gasteiger partial charge in [0.15, 0.2) is 0 Å². The minimum absolute atomic E-state index is 0.0173. The predicted octanol–water partition coefficient (Wildman–Crippen LogP) is -2.68. The van der Waals surface area contributed by atoms with Gasteiger partial charge < -0.3 is 59.7 Å². The summed E-state index contributed by atoms with van der Waals surface area (Å²) in [5.74, 6) is 4.93. The summed E-state index contributed by atoms with van der Waals surface area (Å²) in [7, 11) is -17.8. The molecule has 26 heteroatoms. The summed E-state index contributed by atoms with van der Waals surface area (Å²) in [6, 6.07) is 0. The number of nitrogens with two attached hydrogens (primary N) is 2. The molecule has 1 aliphatic heterocycles. The van der Waals surface area contributed by atoms with Gasteiger partial charge in [0.2, 0.25) is 0 Å². The highest BCUT2D eigenvalue weighted by molar-refractivity contribution is 7.65. The summed E-state index contributed by atoms with van der Waals surface area (Å²) >= 11 is 0. The fourth-order valence-corrected chi connectivity index (χ4v) is 7.88. The van der Waals surface area contributed by atoms with Crippen molar-refractivity contribution in [3.8, 4) is 11.8 Å². The molecule has 0 amide bonds. The Morgan fingerprint density at radius 2 is 1.40 bits per heavy atom. The van der Waals surface area contributed by atoms with E-state index in [9.17, 15) is 33.2 Å². The van der Waals surface area contributed by atoms with Gasteiger partial charge in [0.25, 0.3) is 23.5 Å². The summed E-state index contributed by atoms with van der Waals surface area (Å²) < 4.78 is 56.6. The number of phosphoric acid groups is 3. The fourth-order valence-electron chi connectivity index (χ4n) is 4.98. The Kier molecular flexibility index (Phi) is 30.6. The van der Waals surface area contributed by atoms with Crippen LogP contribution < -0.4 is 46.5 Å². The van der Waals surface area contributed by atoms with E-state index in [1.165, 1.54) is 65.1 Å². The van der Waals surface area contributed by atoms with Crippen LogP contribution >= 0.6 is 23.5 Å². The molecule has 1 aromatic heterocycles. The number of aromatic nitrogens is 2. The van der Waals surface area contributed by atoms with E-state index in [2.05, 4.69) is 102 Å². The molecule has 23 nitrogen and oxygen atoms in total. The third-order valence-electron chi connectivity index (χ3n) is 8.51. The summed E-state index contributed by atoms with van der Waals surface area (Å²) in [5.41, 5.74) is 18.6. The molecule has 0 bridgehead atoms. The van der Waals surface area contributed by atoms with Gasteiger partial charge in [0, 0.05) is 17.5 Å². The van der Waals surface area contributed by atoms with E-state index < -0.39 is 60.9 Å². The first-order valence-corrected chi connectivity index (χ1v) is 23.2. The lowest BCUT2D eigenvalue weighted by Gasteiger charge is -2.33. The average Bonchev–Trinajstić information content (AvgIpc) is 3.54. The number of ether oxygens (including phenoxy) is 2. The highest BCUT2D eigenvalue weighted by Gasteiger charge is 2.39. The Balaban J connectivity index is 0. The molecule has 2 rings (SSSR count).